The third kappa shape index (κ3) is 9.12. The lowest BCUT2D eigenvalue weighted by atomic mass is 9.78. The van der Waals surface area contributed by atoms with Crippen LogP contribution in [0.2, 0.25) is 0 Å². The number of aromatic nitrogens is 2. The number of hydrogen-bond donors (Lipinski definition) is 0. The second-order valence-electron chi connectivity index (χ2n) is 10.7. The van der Waals surface area contributed by atoms with Crippen LogP contribution in [0.4, 0.5) is 4.39 Å². The summed E-state index contributed by atoms with van der Waals surface area (Å²) >= 11 is 0. The SMILES string of the molecule is CCCCCCCC1CCC(CCc2ccc(-c3ccc(CCCCCC)cc3F)nn2)CC1. The Morgan fingerprint density at radius 3 is 2.03 bits per heavy atom. The van der Waals surface area contributed by atoms with Crippen LogP contribution < -0.4 is 0 Å². The standard InChI is InChI=1S/C31H47FN2/c1-3-5-7-9-11-12-25-14-16-26(17-15-25)18-20-28-21-23-31(34-33-28)29-22-19-27(24-30(29)32)13-10-8-6-4-2/h19,21-26H,3-18,20H2,1-2H3. The van der Waals surface area contributed by atoms with E-state index in [1.165, 1.54) is 89.9 Å². The maximum absolute atomic E-state index is 14.7. The number of halogens is 1. The second kappa shape index (κ2) is 15.3. The summed E-state index contributed by atoms with van der Waals surface area (Å²) in [5.41, 5.74) is 3.31. The van der Waals surface area contributed by atoms with Gasteiger partial charge < -0.3 is 0 Å². The molecule has 1 saturated carbocycles. The molecule has 1 aliphatic rings. The van der Waals surface area contributed by atoms with Gasteiger partial charge in [0.25, 0.3) is 0 Å². The highest BCUT2D eigenvalue weighted by Crippen LogP contribution is 2.34. The van der Waals surface area contributed by atoms with Gasteiger partial charge in [-0.05, 0) is 67.3 Å². The lowest BCUT2D eigenvalue weighted by Crippen LogP contribution is -2.15. The summed E-state index contributed by atoms with van der Waals surface area (Å²) in [4.78, 5) is 0. The van der Waals surface area contributed by atoms with Crippen molar-refractivity contribution < 1.29 is 4.39 Å². The smallest absolute Gasteiger partial charge is 0.132 e. The number of unbranched alkanes of at least 4 members (excludes halogenated alkanes) is 7. The summed E-state index contributed by atoms with van der Waals surface area (Å²) in [7, 11) is 0. The van der Waals surface area contributed by atoms with Crippen molar-refractivity contribution in [2.24, 2.45) is 11.8 Å². The monoisotopic (exact) mass is 466 g/mol. The number of rotatable bonds is 15. The van der Waals surface area contributed by atoms with Gasteiger partial charge in [-0.25, -0.2) is 4.39 Å². The van der Waals surface area contributed by atoms with Gasteiger partial charge in [0.15, 0.2) is 0 Å². The van der Waals surface area contributed by atoms with E-state index in [9.17, 15) is 4.39 Å². The summed E-state index contributed by atoms with van der Waals surface area (Å²) in [5, 5.41) is 8.80. The molecule has 34 heavy (non-hydrogen) atoms. The van der Waals surface area contributed by atoms with Crippen LogP contribution in [0.15, 0.2) is 30.3 Å². The maximum Gasteiger partial charge on any atom is 0.132 e. The summed E-state index contributed by atoms with van der Waals surface area (Å²) in [6.07, 6.45) is 22.0. The molecule has 0 atom stereocenters. The fourth-order valence-corrected chi connectivity index (χ4v) is 5.51. The molecule has 1 aromatic carbocycles. The molecule has 2 nitrogen and oxygen atoms in total. The van der Waals surface area contributed by atoms with Crippen molar-refractivity contribution in [3.05, 3.63) is 47.4 Å². The minimum atomic E-state index is -0.183. The number of hydrogen-bond acceptors (Lipinski definition) is 2. The van der Waals surface area contributed by atoms with Crippen molar-refractivity contribution in [2.75, 3.05) is 0 Å². The van der Waals surface area contributed by atoms with Gasteiger partial charge in [0, 0.05) is 5.56 Å². The van der Waals surface area contributed by atoms with Crippen molar-refractivity contribution in [3.63, 3.8) is 0 Å². The van der Waals surface area contributed by atoms with E-state index in [0.29, 0.717) is 11.3 Å². The summed E-state index contributed by atoms with van der Waals surface area (Å²) in [6, 6.07) is 9.58. The van der Waals surface area contributed by atoms with Crippen LogP contribution in [0.3, 0.4) is 0 Å². The molecule has 1 aromatic heterocycles. The van der Waals surface area contributed by atoms with Crippen molar-refractivity contribution in [3.8, 4) is 11.3 Å². The van der Waals surface area contributed by atoms with Crippen LogP contribution in [-0.2, 0) is 12.8 Å². The van der Waals surface area contributed by atoms with Crippen molar-refractivity contribution in [2.45, 2.75) is 123 Å². The molecule has 0 radical (unpaired) electrons. The molecule has 0 spiro atoms. The Kier molecular flexibility index (Phi) is 12.1. The van der Waals surface area contributed by atoms with Crippen LogP contribution in [-0.4, -0.2) is 10.2 Å². The predicted octanol–water partition coefficient (Wildman–Crippen LogP) is 9.50. The first-order valence-electron chi connectivity index (χ1n) is 14.3. The van der Waals surface area contributed by atoms with Crippen LogP contribution in [0.5, 0.6) is 0 Å². The molecule has 1 aliphatic carbocycles. The third-order valence-electron chi connectivity index (χ3n) is 7.84. The van der Waals surface area contributed by atoms with Gasteiger partial charge in [-0.3, -0.25) is 0 Å². The Bertz CT molecular complexity index is 809. The normalized spacial score (nSPS) is 18.3. The van der Waals surface area contributed by atoms with Gasteiger partial charge in [0.05, 0.1) is 11.4 Å². The van der Waals surface area contributed by atoms with Crippen molar-refractivity contribution in [1.82, 2.24) is 10.2 Å². The van der Waals surface area contributed by atoms with Gasteiger partial charge in [-0.1, -0.05) is 103 Å². The van der Waals surface area contributed by atoms with Gasteiger partial charge >= 0.3 is 0 Å². The molecular weight excluding hydrogens is 419 g/mol. The quantitative estimate of drug-likeness (QED) is 0.244. The van der Waals surface area contributed by atoms with E-state index in [-0.39, 0.29) is 5.82 Å². The molecule has 0 amide bonds. The van der Waals surface area contributed by atoms with E-state index in [1.807, 2.05) is 24.3 Å². The first kappa shape index (κ1) is 26.8. The lowest BCUT2D eigenvalue weighted by Gasteiger charge is -2.28. The Labute approximate surface area is 208 Å². The average Bonchev–Trinajstić information content (AvgIpc) is 2.86. The van der Waals surface area contributed by atoms with Gasteiger partial charge in [-0.2, -0.15) is 10.2 Å². The fourth-order valence-electron chi connectivity index (χ4n) is 5.51. The molecule has 0 N–H and O–H groups in total. The van der Waals surface area contributed by atoms with Gasteiger partial charge in [-0.15, -0.1) is 0 Å². The Balaban J connectivity index is 1.39. The molecule has 1 fully saturated rings. The Morgan fingerprint density at radius 1 is 0.706 bits per heavy atom. The Hall–Kier alpha value is -1.77. The highest BCUT2D eigenvalue weighted by atomic mass is 19.1. The number of aryl methyl sites for hydroxylation is 2. The van der Waals surface area contributed by atoms with E-state index in [0.717, 1.165) is 42.4 Å². The van der Waals surface area contributed by atoms with Crippen LogP contribution in [0.25, 0.3) is 11.3 Å². The highest BCUT2D eigenvalue weighted by molar-refractivity contribution is 5.59. The third-order valence-corrected chi connectivity index (χ3v) is 7.84. The molecule has 2 aromatic rings. The van der Waals surface area contributed by atoms with Gasteiger partial charge in [0.2, 0.25) is 0 Å². The fraction of sp³-hybridized carbons (Fsp3) is 0.677. The van der Waals surface area contributed by atoms with Crippen LogP contribution in [0.1, 0.15) is 121 Å². The topological polar surface area (TPSA) is 25.8 Å². The highest BCUT2D eigenvalue weighted by Gasteiger charge is 2.21. The summed E-state index contributed by atoms with van der Waals surface area (Å²) in [5.74, 6) is 1.62. The van der Waals surface area contributed by atoms with E-state index in [4.69, 9.17) is 0 Å². The zero-order chi connectivity index (χ0) is 24.0. The van der Waals surface area contributed by atoms with E-state index >= 15 is 0 Å². The second-order valence-corrected chi connectivity index (χ2v) is 10.7. The van der Waals surface area contributed by atoms with E-state index in [1.54, 1.807) is 6.07 Å². The molecule has 0 aliphatic heterocycles. The number of nitrogens with zero attached hydrogens (tertiary/aromatic N) is 2. The van der Waals surface area contributed by atoms with E-state index in [2.05, 4.69) is 24.0 Å². The van der Waals surface area contributed by atoms with Crippen LogP contribution in [0, 0.1) is 17.7 Å². The molecule has 1 heterocycles. The summed E-state index contributed by atoms with van der Waals surface area (Å²) < 4.78 is 14.7. The molecule has 3 heteroatoms. The number of benzene rings is 1. The molecule has 0 unspecified atom stereocenters. The molecule has 188 valence electrons. The van der Waals surface area contributed by atoms with Crippen molar-refractivity contribution in [1.29, 1.82) is 0 Å². The molecule has 0 saturated heterocycles. The molecule has 3 rings (SSSR count). The predicted molar refractivity (Wildman–Crippen MR) is 142 cm³/mol. The first-order valence-corrected chi connectivity index (χ1v) is 14.3. The minimum Gasteiger partial charge on any atom is -0.206 e. The minimum absolute atomic E-state index is 0.183. The first-order chi connectivity index (χ1) is 16.7. The maximum atomic E-state index is 14.7. The zero-order valence-electron chi connectivity index (χ0n) is 21.8. The van der Waals surface area contributed by atoms with Crippen LogP contribution >= 0.6 is 0 Å². The lowest BCUT2D eigenvalue weighted by molar-refractivity contribution is 0.248. The van der Waals surface area contributed by atoms with Gasteiger partial charge in [0.1, 0.15) is 5.82 Å². The molecular formula is C31H47FN2. The average molecular weight is 467 g/mol. The Morgan fingerprint density at radius 2 is 1.38 bits per heavy atom. The molecule has 0 bridgehead atoms. The largest absolute Gasteiger partial charge is 0.206 e. The summed E-state index contributed by atoms with van der Waals surface area (Å²) in [6.45, 7) is 4.50. The van der Waals surface area contributed by atoms with Crippen molar-refractivity contribution >= 4 is 0 Å². The van der Waals surface area contributed by atoms with E-state index < -0.39 is 0 Å². The zero-order valence-corrected chi connectivity index (χ0v) is 21.8.